The molecular formula is C43H72. The number of hydrogen-bond acceptors (Lipinski definition) is 0. The lowest BCUT2D eigenvalue weighted by molar-refractivity contribution is 0.437. The molecule has 0 aromatic heterocycles. The molecule has 0 fully saturated rings. The van der Waals surface area contributed by atoms with Gasteiger partial charge in [0.25, 0.3) is 0 Å². The molecular weight excluding hydrogens is 516 g/mol. The number of hydrogen-bond donors (Lipinski definition) is 0. The van der Waals surface area contributed by atoms with E-state index in [1.807, 2.05) is 0 Å². The highest BCUT2D eigenvalue weighted by molar-refractivity contribution is 5.66. The molecule has 2 aromatic rings. The highest BCUT2D eigenvalue weighted by Crippen LogP contribution is 2.56. The smallest absolute Gasteiger partial charge is 0.0155 e. The van der Waals surface area contributed by atoms with Gasteiger partial charge in [-0.05, 0) is 88.0 Å². The monoisotopic (exact) mass is 589 g/mol. The molecule has 244 valence electrons. The van der Waals surface area contributed by atoms with E-state index >= 15 is 0 Å². The van der Waals surface area contributed by atoms with Gasteiger partial charge >= 0.3 is 0 Å². The van der Waals surface area contributed by atoms with Gasteiger partial charge in [0, 0.05) is 5.41 Å². The summed E-state index contributed by atoms with van der Waals surface area (Å²) in [4.78, 5) is 0. The van der Waals surface area contributed by atoms with Crippen molar-refractivity contribution < 1.29 is 0 Å². The fraction of sp³-hybridized carbons (Fsp3) is 0.721. The van der Waals surface area contributed by atoms with Gasteiger partial charge in [0.05, 0.1) is 0 Å². The number of benzene rings is 2. The number of rotatable bonds is 2. The zero-order valence-electron chi connectivity index (χ0n) is 33.2. The Kier molecular flexibility index (Phi) is 9.42. The average Bonchev–Trinajstić information content (AvgIpc) is 2.72. The molecule has 0 aliphatic carbocycles. The van der Waals surface area contributed by atoms with Gasteiger partial charge in [-0.1, -0.05) is 177 Å². The van der Waals surface area contributed by atoms with Crippen LogP contribution in [0.3, 0.4) is 0 Å². The van der Waals surface area contributed by atoms with Crippen LogP contribution in [0.5, 0.6) is 0 Å². The second-order valence-electron chi connectivity index (χ2n) is 21.4. The molecule has 0 saturated carbocycles. The Morgan fingerprint density at radius 3 is 0.721 bits per heavy atom. The van der Waals surface area contributed by atoms with Crippen LogP contribution in [0.25, 0.3) is 0 Å². The summed E-state index contributed by atoms with van der Waals surface area (Å²) in [6, 6.07) is 7.18. The van der Waals surface area contributed by atoms with Crippen molar-refractivity contribution in [1.82, 2.24) is 0 Å². The Bertz CT molecular complexity index is 1270. The fourth-order valence-corrected chi connectivity index (χ4v) is 7.77. The van der Waals surface area contributed by atoms with Crippen LogP contribution in [0.1, 0.15) is 209 Å². The highest BCUT2D eigenvalue weighted by atomic mass is 14.5. The van der Waals surface area contributed by atoms with Gasteiger partial charge in [0.1, 0.15) is 0 Å². The van der Waals surface area contributed by atoms with Gasteiger partial charge in [0.2, 0.25) is 0 Å². The summed E-state index contributed by atoms with van der Waals surface area (Å²) in [6.07, 6.45) is 0. The van der Waals surface area contributed by atoms with Gasteiger partial charge in [-0.3, -0.25) is 0 Å². The Morgan fingerprint density at radius 1 is 0.256 bits per heavy atom. The standard InChI is InChI=1S/C43H72/c1-36(2,3)27-25-24-26-28(29(27)37(4,5)6)43(22,23)35-33(41(16,17)18)31(39(10,11)12)30(38(7,8)9)32(40(13,14)15)34(35)42(19,20)21/h24-26H,1-23H3. The average molecular weight is 589 g/mol. The maximum atomic E-state index is 2.54. The van der Waals surface area contributed by atoms with Crippen LogP contribution in [0.4, 0.5) is 0 Å². The maximum absolute atomic E-state index is 2.54. The van der Waals surface area contributed by atoms with Crippen LogP contribution in [-0.2, 0) is 43.3 Å². The molecule has 0 amide bonds. The first-order chi connectivity index (χ1) is 18.6. The summed E-state index contributed by atoms with van der Waals surface area (Å²) in [7, 11) is 0. The minimum absolute atomic E-state index is 0.00335. The van der Waals surface area contributed by atoms with Crippen molar-refractivity contribution in [2.75, 3.05) is 0 Å². The van der Waals surface area contributed by atoms with Gasteiger partial charge in [-0.25, -0.2) is 0 Å². The third-order valence-electron chi connectivity index (χ3n) is 9.17. The van der Waals surface area contributed by atoms with E-state index in [2.05, 4.69) is 177 Å². The van der Waals surface area contributed by atoms with Crippen molar-refractivity contribution in [3.8, 4) is 0 Å². The van der Waals surface area contributed by atoms with Crippen molar-refractivity contribution >= 4 is 0 Å². The molecule has 0 radical (unpaired) electrons. The topological polar surface area (TPSA) is 0 Å². The Balaban J connectivity index is 3.67. The van der Waals surface area contributed by atoms with Crippen molar-refractivity contribution in [2.24, 2.45) is 0 Å². The van der Waals surface area contributed by atoms with Gasteiger partial charge in [-0.15, -0.1) is 0 Å². The largest absolute Gasteiger partial charge is 0.0616 e. The second-order valence-corrected chi connectivity index (χ2v) is 21.4. The van der Waals surface area contributed by atoms with Crippen LogP contribution in [0, 0.1) is 0 Å². The normalized spacial score (nSPS) is 14.9. The summed E-state index contributed by atoms with van der Waals surface area (Å²) >= 11 is 0. The lowest BCUT2D eigenvalue weighted by atomic mass is 9.55. The molecule has 0 spiro atoms. The summed E-state index contributed by atoms with van der Waals surface area (Å²) in [5.74, 6) is 0. The quantitative estimate of drug-likeness (QED) is 0.327. The zero-order valence-corrected chi connectivity index (χ0v) is 33.2. The zero-order chi connectivity index (χ0) is 34.3. The maximum Gasteiger partial charge on any atom is 0.0155 e. The SMILES string of the molecule is CC(C)(C)c1cccc(C(C)(C)c2c(C(C)(C)C)c(C(C)(C)C)c(C(C)(C)C)c(C(C)(C)C)c2C(C)(C)C)c1C(C)(C)C. The minimum Gasteiger partial charge on any atom is -0.0616 e. The third kappa shape index (κ3) is 7.31. The minimum atomic E-state index is -0.231. The Hall–Kier alpha value is -1.56. The molecule has 0 aliphatic heterocycles. The third-order valence-corrected chi connectivity index (χ3v) is 9.17. The molecule has 2 rings (SSSR count). The van der Waals surface area contributed by atoms with Crippen LogP contribution in [-0.4, -0.2) is 0 Å². The fourth-order valence-electron chi connectivity index (χ4n) is 7.77. The van der Waals surface area contributed by atoms with Crippen LogP contribution in [0.2, 0.25) is 0 Å². The van der Waals surface area contributed by atoms with Crippen molar-refractivity contribution in [3.63, 3.8) is 0 Å². The lowest BCUT2D eigenvalue weighted by Gasteiger charge is -2.49. The first-order valence-electron chi connectivity index (χ1n) is 17.0. The molecule has 0 unspecified atom stereocenters. The first kappa shape index (κ1) is 37.6. The molecule has 0 nitrogen and oxygen atoms in total. The predicted octanol–water partition coefficient (Wildman–Crippen LogP) is 13.1. The van der Waals surface area contributed by atoms with Crippen LogP contribution < -0.4 is 0 Å². The van der Waals surface area contributed by atoms with E-state index in [0.29, 0.717) is 0 Å². The molecule has 0 saturated heterocycles. The summed E-state index contributed by atoms with van der Waals surface area (Å²) in [5, 5.41) is 0. The van der Waals surface area contributed by atoms with E-state index in [-0.39, 0.29) is 43.3 Å². The molecule has 0 N–H and O–H groups in total. The highest BCUT2D eigenvalue weighted by Gasteiger charge is 2.47. The van der Waals surface area contributed by atoms with E-state index < -0.39 is 0 Å². The van der Waals surface area contributed by atoms with Gasteiger partial charge < -0.3 is 0 Å². The summed E-state index contributed by atoms with van der Waals surface area (Å²) in [5.41, 5.74) is 13.5. The molecule has 0 atom stereocenters. The lowest BCUT2D eigenvalue weighted by Crippen LogP contribution is -2.41. The first-order valence-corrected chi connectivity index (χ1v) is 17.0. The Morgan fingerprint density at radius 2 is 0.488 bits per heavy atom. The van der Waals surface area contributed by atoms with Crippen molar-refractivity contribution in [2.45, 2.75) is 203 Å². The van der Waals surface area contributed by atoms with E-state index in [1.165, 1.54) is 16.7 Å². The summed E-state index contributed by atoms with van der Waals surface area (Å²) in [6.45, 7) is 56.3. The molecule has 0 aliphatic rings. The molecule has 0 heterocycles. The van der Waals surface area contributed by atoms with Crippen molar-refractivity contribution in [1.29, 1.82) is 0 Å². The van der Waals surface area contributed by atoms with Gasteiger partial charge in [0.15, 0.2) is 0 Å². The predicted molar refractivity (Wildman–Crippen MR) is 196 cm³/mol. The van der Waals surface area contributed by atoms with Crippen molar-refractivity contribution in [3.05, 3.63) is 68.3 Å². The van der Waals surface area contributed by atoms with E-state index in [4.69, 9.17) is 0 Å². The molecule has 0 bridgehead atoms. The molecule has 43 heavy (non-hydrogen) atoms. The summed E-state index contributed by atoms with van der Waals surface area (Å²) < 4.78 is 0. The second kappa shape index (κ2) is 10.8. The molecule has 0 heteroatoms. The van der Waals surface area contributed by atoms with Crippen LogP contribution >= 0.6 is 0 Å². The van der Waals surface area contributed by atoms with E-state index in [9.17, 15) is 0 Å². The van der Waals surface area contributed by atoms with Gasteiger partial charge in [-0.2, -0.15) is 0 Å². The van der Waals surface area contributed by atoms with E-state index in [0.717, 1.165) is 0 Å². The van der Waals surface area contributed by atoms with E-state index in [1.54, 1.807) is 33.4 Å². The van der Waals surface area contributed by atoms with Crippen LogP contribution in [0.15, 0.2) is 18.2 Å². The molecule has 2 aromatic carbocycles. The Labute approximate surface area is 270 Å².